The lowest BCUT2D eigenvalue weighted by Gasteiger charge is -2.21. The fourth-order valence-corrected chi connectivity index (χ4v) is 4.34. The van der Waals surface area contributed by atoms with Crippen LogP contribution in [0.2, 0.25) is 5.02 Å². The van der Waals surface area contributed by atoms with E-state index < -0.39 is 11.5 Å². The molecule has 0 aliphatic heterocycles. The molecular weight excluding hydrogens is 472 g/mol. The van der Waals surface area contributed by atoms with Crippen LogP contribution in [-0.2, 0) is 4.74 Å². The zero-order valence-corrected chi connectivity index (χ0v) is 20.3. The number of esters is 1. The van der Waals surface area contributed by atoms with Crippen molar-refractivity contribution in [2.75, 3.05) is 34.2 Å². The number of fused-ring (bicyclic) bond motifs is 1. The minimum Gasteiger partial charge on any atom is -0.493 e. The molecule has 1 aromatic heterocycles. The van der Waals surface area contributed by atoms with Crippen molar-refractivity contribution in [1.82, 2.24) is 4.57 Å². The highest BCUT2D eigenvalue weighted by Crippen LogP contribution is 2.44. The molecular formula is C26H23ClN2O6. The third kappa shape index (κ3) is 4.02. The summed E-state index contributed by atoms with van der Waals surface area (Å²) in [4.78, 5) is 27.0. The molecule has 0 unspecified atom stereocenters. The molecule has 35 heavy (non-hydrogen) atoms. The van der Waals surface area contributed by atoms with Crippen LogP contribution in [0.3, 0.4) is 0 Å². The van der Waals surface area contributed by atoms with Gasteiger partial charge in [-0.05, 0) is 53.4 Å². The first-order valence-corrected chi connectivity index (χ1v) is 10.9. The van der Waals surface area contributed by atoms with Crippen LogP contribution in [0, 0.1) is 0 Å². The van der Waals surface area contributed by atoms with Crippen LogP contribution in [0.25, 0.3) is 27.6 Å². The maximum absolute atomic E-state index is 13.8. The summed E-state index contributed by atoms with van der Waals surface area (Å²) < 4.78 is 22.9. The first kappa shape index (κ1) is 24.0. The molecule has 0 radical (unpaired) electrons. The number of anilines is 1. The molecule has 1 heterocycles. The smallest absolute Gasteiger partial charge is 0.355 e. The van der Waals surface area contributed by atoms with E-state index in [1.165, 1.54) is 33.0 Å². The number of hydrogen-bond donors (Lipinski definition) is 1. The molecule has 0 atom stereocenters. The van der Waals surface area contributed by atoms with Gasteiger partial charge in [0, 0.05) is 16.9 Å². The number of benzene rings is 3. The van der Waals surface area contributed by atoms with Gasteiger partial charge in [0.25, 0.3) is 5.56 Å². The summed E-state index contributed by atoms with van der Waals surface area (Å²) in [5.74, 6) is 0.410. The van der Waals surface area contributed by atoms with Crippen LogP contribution >= 0.6 is 11.6 Å². The van der Waals surface area contributed by atoms with Crippen molar-refractivity contribution in [3.63, 3.8) is 0 Å². The molecule has 0 saturated heterocycles. The Labute approximate surface area is 206 Å². The van der Waals surface area contributed by atoms with Gasteiger partial charge in [-0.2, -0.15) is 0 Å². The second kappa shape index (κ2) is 9.60. The van der Waals surface area contributed by atoms with Crippen LogP contribution in [0.15, 0.2) is 59.4 Å². The molecule has 4 rings (SSSR count). The zero-order chi connectivity index (χ0) is 25.3. The van der Waals surface area contributed by atoms with Gasteiger partial charge in [-0.3, -0.25) is 9.36 Å². The van der Waals surface area contributed by atoms with E-state index in [9.17, 15) is 9.59 Å². The Balaban J connectivity index is 2.26. The second-order valence-corrected chi connectivity index (χ2v) is 7.93. The summed E-state index contributed by atoms with van der Waals surface area (Å²) >= 11 is 6.52. The van der Waals surface area contributed by atoms with Crippen molar-refractivity contribution in [2.24, 2.45) is 0 Å². The Morgan fingerprint density at radius 1 is 0.914 bits per heavy atom. The third-order valence-corrected chi connectivity index (χ3v) is 5.96. The third-order valence-electron chi connectivity index (χ3n) is 5.64. The highest BCUT2D eigenvalue weighted by molar-refractivity contribution is 6.36. The Bertz CT molecular complexity index is 1470. The number of pyridine rings is 1. The maximum atomic E-state index is 13.8. The number of carbonyl (C=O) groups excluding carboxylic acids is 1. The molecule has 0 bridgehead atoms. The SMILES string of the molecule is COC(=O)c1c(-c2cc(OC)c(OC)c(OC)c2)c2cccc(Cl)c2c(=O)n1-c1ccc(N)cc1. The average molecular weight is 495 g/mol. The Kier molecular flexibility index (Phi) is 6.57. The number of rotatable bonds is 6. The molecule has 0 amide bonds. The van der Waals surface area contributed by atoms with Crippen LogP contribution in [0.5, 0.6) is 17.2 Å². The van der Waals surface area contributed by atoms with Gasteiger partial charge in [-0.1, -0.05) is 23.7 Å². The molecule has 9 heteroatoms. The monoisotopic (exact) mass is 494 g/mol. The van der Waals surface area contributed by atoms with E-state index in [1.807, 2.05) is 0 Å². The van der Waals surface area contributed by atoms with E-state index in [2.05, 4.69) is 0 Å². The van der Waals surface area contributed by atoms with Crippen LogP contribution in [0.4, 0.5) is 5.69 Å². The topological polar surface area (TPSA) is 102 Å². The fraction of sp³-hybridized carbons (Fsp3) is 0.154. The first-order valence-electron chi connectivity index (χ1n) is 10.5. The number of halogens is 1. The number of ether oxygens (including phenoxy) is 4. The van der Waals surface area contributed by atoms with E-state index in [4.69, 9.17) is 36.3 Å². The lowest BCUT2D eigenvalue weighted by molar-refractivity contribution is 0.0591. The number of carbonyl (C=O) groups is 1. The Hall–Kier alpha value is -4.17. The molecule has 2 N–H and O–H groups in total. The quantitative estimate of drug-likeness (QED) is 0.306. The molecule has 3 aromatic carbocycles. The number of nitrogen functional groups attached to an aromatic ring is 1. The molecule has 180 valence electrons. The van der Waals surface area contributed by atoms with Gasteiger partial charge < -0.3 is 24.7 Å². The summed E-state index contributed by atoms with van der Waals surface area (Å²) in [7, 11) is 5.73. The van der Waals surface area contributed by atoms with E-state index in [-0.39, 0.29) is 16.1 Å². The molecule has 0 spiro atoms. The van der Waals surface area contributed by atoms with Crippen molar-refractivity contribution in [3.8, 4) is 34.1 Å². The molecule has 8 nitrogen and oxygen atoms in total. The van der Waals surface area contributed by atoms with Crippen LogP contribution in [-0.4, -0.2) is 39.0 Å². The highest BCUT2D eigenvalue weighted by Gasteiger charge is 2.27. The van der Waals surface area contributed by atoms with E-state index >= 15 is 0 Å². The van der Waals surface area contributed by atoms with Crippen molar-refractivity contribution in [2.45, 2.75) is 0 Å². The van der Waals surface area contributed by atoms with Gasteiger partial charge in [0.2, 0.25) is 5.75 Å². The lowest BCUT2D eigenvalue weighted by atomic mass is 9.95. The van der Waals surface area contributed by atoms with Gasteiger partial charge in [0.15, 0.2) is 11.5 Å². The number of nitrogens with two attached hydrogens (primary N) is 1. The van der Waals surface area contributed by atoms with Crippen molar-refractivity contribution < 1.29 is 23.7 Å². The number of methoxy groups -OCH3 is 4. The van der Waals surface area contributed by atoms with Crippen molar-refractivity contribution in [1.29, 1.82) is 0 Å². The van der Waals surface area contributed by atoms with E-state index in [0.29, 0.717) is 45.1 Å². The molecule has 0 fully saturated rings. The lowest BCUT2D eigenvalue weighted by Crippen LogP contribution is -2.27. The van der Waals surface area contributed by atoms with Gasteiger partial charge >= 0.3 is 5.97 Å². The Morgan fingerprint density at radius 3 is 2.09 bits per heavy atom. The standard InChI is InChI=1S/C26H23ClN2O6/c1-32-19-12-14(13-20(33-2)24(19)34-3)21-17-6-5-7-18(27)22(17)25(30)29(23(21)26(31)35-4)16-10-8-15(28)9-11-16/h5-13H,28H2,1-4H3. The maximum Gasteiger partial charge on any atom is 0.355 e. The van der Waals surface area contributed by atoms with Gasteiger partial charge in [-0.25, -0.2) is 4.79 Å². The van der Waals surface area contributed by atoms with Crippen molar-refractivity contribution in [3.05, 3.63) is 75.7 Å². The highest BCUT2D eigenvalue weighted by atomic mass is 35.5. The summed E-state index contributed by atoms with van der Waals surface area (Å²) in [6, 6.07) is 15.0. The molecule has 0 aliphatic rings. The normalized spacial score (nSPS) is 10.8. The summed E-state index contributed by atoms with van der Waals surface area (Å²) in [5, 5.41) is 0.938. The fourth-order valence-electron chi connectivity index (χ4n) is 4.08. The second-order valence-electron chi connectivity index (χ2n) is 7.52. The Morgan fingerprint density at radius 2 is 1.54 bits per heavy atom. The van der Waals surface area contributed by atoms with Gasteiger partial charge in [0.05, 0.1) is 38.8 Å². The predicted octanol–water partition coefficient (Wildman–Crippen LogP) is 4.71. The number of hydrogen-bond acceptors (Lipinski definition) is 7. The van der Waals surface area contributed by atoms with Crippen LogP contribution in [0.1, 0.15) is 10.5 Å². The largest absolute Gasteiger partial charge is 0.493 e. The first-order chi connectivity index (χ1) is 16.9. The van der Waals surface area contributed by atoms with E-state index in [0.717, 1.165) is 0 Å². The summed E-state index contributed by atoms with van der Waals surface area (Å²) in [6.45, 7) is 0. The van der Waals surface area contributed by atoms with Crippen LogP contribution < -0.4 is 25.5 Å². The number of aromatic nitrogens is 1. The number of nitrogens with zero attached hydrogens (tertiary/aromatic N) is 1. The molecule has 0 aliphatic carbocycles. The summed E-state index contributed by atoms with van der Waals surface area (Å²) in [6.07, 6.45) is 0. The minimum atomic E-state index is -0.718. The average Bonchev–Trinajstić information content (AvgIpc) is 2.87. The van der Waals surface area contributed by atoms with Gasteiger partial charge in [0.1, 0.15) is 5.69 Å². The molecule has 0 saturated carbocycles. The van der Waals surface area contributed by atoms with Crippen molar-refractivity contribution >= 4 is 34.0 Å². The summed E-state index contributed by atoms with van der Waals surface area (Å²) in [5.41, 5.74) is 7.23. The van der Waals surface area contributed by atoms with Gasteiger partial charge in [-0.15, -0.1) is 0 Å². The molecule has 4 aromatic rings. The minimum absolute atomic E-state index is 0.00584. The predicted molar refractivity (Wildman–Crippen MR) is 135 cm³/mol. The zero-order valence-electron chi connectivity index (χ0n) is 19.5. The van der Waals surface area contributed by atoms with E-state index in [1.54, 1.807) is 54.6 Å².